The number of benzene rings is 7. The number of thiophene rings is 1. The number of pyridine rings is 2. The standard InChI is InChI=1S/C52H48N2O4S/c1-49(2,3)25-13-19-33(51(7,8)9)35(21-25)53-45(55)29-17-15-27-28-16-18-30-40-32(24-38-44(42(28)40)43-37(59-38)23-31(47(53)57)39(29)41(27)43)48(58)54(46(30)56)36-22-26(50(4,5)6)14-20-34(36)52(10,11)12/h13-24H,1-12H3. The van der Waals surface area contributed by atoms with E-state index in [9.17, 15) is 9.59 Å². The van der Waals surface area contributed by atoms with Crippen LogP contribution in [0.5, 0.6) is 0 Å². The van der Waals surface area contributed by atoms with Gasteiger partial charge in [0.25, 0.3) is 22.2 Å². The largest absolute Gasteiger partial charge is 0.268 e. The third kappa shape index (κ3) is 5.03. The molecule has 296 valence electrons. The lowest BCUT2D eigenvalue weighted by molar-refractivity contribution is 0.572. The Morgan fingerprint density at radius 1 is 0.356 bits per heavy atom. The van der Waals surface area contributed by atoms with E-state index in [2.05, 4.69) is 107 Å². The van der Waals surface area contributed by atoms with Crippen molar-refractivity contribution in [3.63, 3.8) is 0 Å². The number of aromatic nitrogens is 2. The number of fused-ring (bicyclic) bond motifs is 1. The predicted octanol–water partition coefficient (Wildman–Crippen LogP) is 11.8. The molecular weight excluding hydrogens is 749 g/mol. The maximum Gasteiger partial charge on any atom is 0.266 e. The minimum Gasteiger partial charge on any atom is -0.268 e. The highest BCUT2D eigenvalue weighted by molar-refractivity contribution is 7.26. The summed E-state index contributed by atoms with van der Waals surface area (Å²) in [6.45, 7) is 25.4. The maximum atomic E-state index is 15.0. The van der Waals surface area contributed by atoms with Crippen LogP contribution in [0.2, 0.25) is 0 Å². The van der Waals surface area contributed by atoms with Gasteiger partial charge in [-0.15, -0.1) is 11.3 Å². The van der Waals surface area contributed by atoms with Crippen LogP contribution in [0.3, 0.4) is 0 Å². The Labute approximate surface area is 345 Å². The molecule has 0 bridgehead atoms. The maximum absolute atomic E-state index is 15.0. The number of hydrogen-bond acceptors (Lipinski definition) is 5. The molecule has 0 atom stereocenters. The van der Waals surface area contributed by atoms with Crippen LogP contribution in [0.4, 0.5) is 0 Å². The van der Waals surface area contributed by atoms with Gasteiger partial charge in [-0.2, -0.15) is 0 Å². The van der Waals surface area contributed by atoms with E-state index in [0.29, 0.717) is 43.7 Å². The molecule has 0 aliphatic carbocycles. The van der Waals surface area contributed by atoms with E-state index in [0.717, 1.165) is 64.0 Å². The van der Waals surface area contributed by atoms with Gasteiger partial charge in [0, 0.05) is 52.5 Å². The van der Waals surface area contributed by atoms with Gasteiger partial charge in [-0.25, -0.2) is 9.13 Å². The van der Waals surface area contributed by atoms with E-state index >= 15 is 9.59 Å². The molecule has 59 heavy (non-hydrogen) atoms. The summed E-state index contributed by atoms with van der Waals surface area (Å²) in [6.07, 6.45) is 0. The second-order valence-electron chi connectivity index (χ2n) is 20.9. The molecule has 0 saturated heterocycles. The zero-order chi connectivity index (χ0) is 42.2. The van der Waals surface area contributed by atoms with Crippen LogP contribution in [-0.4, -0.2) is 9.13 Å². The normalized spacial score (nSPS) is 13.7. The van der Waals surface area contributed by atoms with Gasteiger partial charge in [-0.3, -0.25) is 19.2 Å². The fraction of sp³-hybridized carbons (Fsp3) is 0.308. The number of nitrogens with zero attached hydrogens (tertiary/aromatic N) is 2. The van der Waals surface area contributed by atoms with Crippen molar-refractivity contribution in [3.8, 4) is 11.4 Å². The molecule has 6 nitrogen and oxygen atoms in total. The summed E-state index contributed by atoms with van der Waals surface area (Å²) in [6, 6.07) is 24.0. The average molecular weight is 797 g/mol. The molecule has 0 aliphatic heterocycles. The number of rotatable bonds is 2. The zero-order valence-electron chi connectivity index (χ0n) is 35.9. The minimum absolute atomic E-state index is 0.201. The first-order valence-corrected chi connectivity index (χ1v) is 21.3. The SMILES string of the molecule is CC(C)(C)c1ccc(C(C)(C)C)c(-n2c(=O)c3ccc4c5ccc6c(=O)n(-c7cc(C(C)(C)C)ccc7C(C)(C)C)c(=O)c7cc8sc9cc(c2=O)c3c4c9c8c5c67)c1. The van der Waals surface area contributed by atoms with Gasteiger partial charge in [0.15, 0.2) is 0 Å². The topological polar surface area (TPSA) is 78.1 Å². The number of hydrogen-bond donors (Lipinski definition) is 0. The van der Waals surface area contributed by atoms with Crippen LogP contribution in [0.25, 0.3) is 85.4 Å². The first-order valence-electron chi connectivity index (χ1n) is 20.5. The fourth-order valence-corrected chi connectivity index (χ4v) is 10.9. The first-order chi connectivity index (χ1) is 27.5. The predicted molar refractivity (Wildman–Crippen MR) is 250 cm³/mol. The fourth-order valence-electron chi connectivity index (χ4n) is 9.74. The summed E-state index contributed by atoms with van der Waals surface area (Å²) < 4.78 is 4.60. The molecule has 7 aromatic carbocycles. The highest BCUT2D eigenvalue weighted by Crippen LogP contribution is 2.51. The molecule has 10 aromatic rings. The van der Waals surface area contributed by atoms with E-state index in [1.165, 1.54) is 9.13 Å². The third-order valence-corrected chi connectivity index (χ3v) is 13.9. The van der Waals surface area contributed by atoms with E-state index in [1.807, 2.05) is 48.5 Å². The Kier molecular flexibility index (Phi) is 7.35. The van der Waals surface area contributed by atoms with Gasteiger partial charge in [0.2, 0.25) is 0 Å². The van der Waals surface area contributed by atoms with Crippen molar-refractivity contribution in [2.75, 3.05) is 0 Å². The lowest BCUT2D eigenvalue weighted by Crippen LogP contribution is -2.34. The average Bonchev–Trinajstić information content (AvgIpc) is 3.53. The third-order valence-electron chi connectivity index (χ3n) is 12.8. The summed E-state index contributed by atoms with van der Waals surface area (Å²) in [5.74, 6) is 0. The summed E-state index contributed by atoms with van der Waals surface area (Å²) in [5.41, 5.74) is 2.71. The van der Waals surface area contributed by atoms with Crippen molar-refractivity contribution in [1.82, 2.24) is 9.13 Å². The minimum atomic E-state index is -0.344. The molecule has 0 spiro atoms. The molecule has 0 saturated carbocycles. The van der Waals surface area contributed by atoms with Crippen LogP contribution in [0.15, 0.2) is 92.0 Å². The van der Waals surface area contributed by atoms with Gasteiger partial charge in [-0.1, -0.05) is 119 Å². The molecule has 0 unspecified atom stereocenters. The Balaban J connectivity index is 1.35. The van der Waals surface area contributed by atoms with E-state index in [-0.39, 0.29) is 43.9 Å². The lowest BCUT2D eigenvalue weighted by atomic mass is 9.81. The van der Waals surface area contributed by atoms with E-state index < -0.39 is 0 Å². The van der Waals surface area contributed by atoms with Crippen LogP contribution in [0, 0.1) is 0 Å². The summed E-state index contributed by atoms with van der Waals surface area (Å²) >= 11 is 1.55. The molecule has 7 heteroatoms. The van der Waals surface area contributed by atoms with Crippen molar-refractivity contribution in [1.29, 1.82) is 0 Å². The first kappa shape index (κ1) is 37.6. The summed E-state index contributed by atoms with van der Waals surface area (Å²) in [7, 11) is 0. The lowest BCUT2D eigenvalue weighted by Gasteiger charge is -2.27. The molecule has 3 heterocycles. The monoisotopic (exact) mass is 796 g/mol. The smallest absolute Gasteiger partial charge is 0.266 e. The van der Waals surface area contributed by atoms with Crippen LogP contribution < -0.4 is 22.2 Å². The van der Waals surface area contributed by atoms with Gasteiger partial charge in [0.1, 0.15) is 0 Å². The Morgan fingerprint density at radius 2 is 0.695 bits per heavy atom. The quantitative estimate of drug-likeness (QED) is 0.129. The van der Waals surface area contributed by atoms with E-state index in [1.54, 1.807) is 11.3 Å². The van der Waals surface area contributed by atoms with Crippen molar-refractivity contribution >= 4 is 85.4 Å². The van der Waals surface area contributed by atoms with Gasteiger partial charge in [-0.05, 0) is 91.1 Å². The molecular formula is C52H48N2O4S. The molecule has 0 aliphatic rings. The second kappa shape index (κ2) is 11.5. The molecule has 3 aromatic heterocycles. The van der Waals surface area contributed by atoms with E-state index in [4.69, 9.17) is 0 Å². The van der Waals surface area contributed by atoms with Crippen molar-refractivity contribution in [2.24, 2.45) is 0 Å². The highest BCUT2D eigenvalue weighted by Gasteiger charge is 2.31. The van der Waals surface area contributed by atoms with Gasteiger partial charge in [0.05, 0.1) is 22.1 Å². The zero-order valence-corrected chi connectivity index (χ0v) is 36.7. The van der Waals surface area contributed by atoms with Gasteiger partial charge >= 0.3 is 0 Å². The molecule has 0 fully saturated rings. The molecule has 10 rings (SSSR count). The Bertz CT molecular complexity index is 3430. The van der Waals surface area contributed by atoms with Crippen LogP contribution in [0.1, 0.15) is 105 Å². The van der Waals surface area contributed by atoms with Crippen LogP contribution in [-0.2, 0) is 21.7 Å². The molecule has 0 N–H and O–H groups in total. The van der Waals surface area contributed by atoms with Crippen molar-refractivity contribution in [2.45, 2.75) is 105 Å². The van der Waals surface area contributed by atoms with Crippen molar-refractivity contribution in [3.05, 3.63) is 136 Å². The van der Waals surface area contributed by atoms with Gasteiger partial charge < -0.3 is 0 Å². The highest BCUT2D eigenvalue weighted by atomic mass is 32.1. The second-order valence-corrected chi connectivity index (χ2v) is 22.0. The molecule has 0 amide bonds. The molecule has 0 radical (unpaired) electrons. The van der Waals surface area contributed by atoms with Crippen molar-refractivity contribution < 1.29 is 0 Å². The Hall–Kier alpha value is -5.66. The summed E-state index contributed by atoms with van der Waals surface area (Å²) in [4.78, 5) is 59.8. The summed E-state index contributed by atoms with van der Waals surface area (Å²) in [5, 5.41) is 8.74. The van der Waals surface area contributed by atoms with Crippen LogP contribution >= 0.6 is 11.3 Å². The Morgan fingerprint density at radius 3 is 1.03 bits per heavy atom.